The number of hydrogen-bond acceptors (Lipinski definition) is 3. The van der Waals surface area contributed by atoms with E-state index in [0.717, 1.165) is 5.56 Å². The third kappa shape index (κ3) is 2.44. The summed E-state index contributed by atoms with van der Waals surface area (Å²) in [6.45, 7) is 0. The molecule has 2 aromatic rings. The van der Waals surface area contributed by atoms with Crippen LogP contribution in [-0.2, 0) is 6.42 Å². The molecule has 0 fully saturated rings. The third-order valence-corrected chi connectivity index (χ3v) is 2.56. The maximum atomic E-state index is 11.8. The van der Waals surface area contributed by atoms with E-state index >= 15 is 0 Å². The summed E-state index contributed by atoms with van der Waals surface area (Å²) in [6.07, 6.45) is 4.68. The molecule has 0 N–H and O–H groups in total. The summed E-state index contributed by atoms with van der Waals surface area (Å²) >= 11 is 5.97. The third-order valence-electron chi connectivity index (χ3n) is 2.19. The van der Waals surface area contributed by atoms with Gasteiger partial charge in [0.1, 0.15) is 6.33 Å². The molecule has 0 spiro atoms. The summed E-state index contributed by atoms with van der Waals surface area (Å²) in [5.74, 6) is -0.0336. The van der Waals surface area contributed by atoms with Crippen LogP contribution in [0.4, 0.5) is 0 Å². The SMILES string of the molecule is O=C(Cc1ccccc1Cl)c1cncnc1. The Balaban J connectivity index is 2.18. The largest absolute Gasteiger partial charge is 0.294 e. The van der Waals surface area contributed by atoms with Crippen LogP contribution in [0.2, 0.25) is 5.02 Å². The zero-order valence-corrected chi connectivity index (χ0v) is 9.19. The van der Waals surface area contributed by atoms with Gasteiger partial charge in [0.2, 0.25) is 0 Å². The molecule has 0 saturated carbocycles. The average Bonchev–Trinajstić information content (AvgIpc) is 2.33. The minimum Gasteiger partial charge on any atom is -0.294 e. The van der Waals surface area contributed by atoms with Crippen LogP contribution < -0.4 is 0 Å². The van der Waals surface area contributed by atoms with Gasteiger partial charge in [-0.3, -0.25) is 4.79 Å². The Kier molecular flexibility index (Phi) is 3.27. The van der Waals surface area contributed by atoms with Crippen molar-refractivity contribution in [3.8, 4) is 0 Å². The number of halogens is 1. The van der Waals surface area contributed by atoms with Gasteiger partial charge < -0.3 is 0 Å². The quantitative estimate of drug-likeness (QED) is 0.764. The standard InChI is InChI=1S/C12H9ClN2O/c13-11-4-2-1-3-9(11)5-12(16)10-6-14-8-15-7-10/h1-4,6-8H,5H2. The van der Waals surface area contributed by atoms with Crippen molar-refractivity contribution >= 4 is 17.4 Å². The number of nitrogens with zero attached hydrogens (tertiary/aromatic N) is 2. The minimum absolute atomic E-state index is 0.0336. The van der Waals surface area contributed by atoms with Crippen LogP contribution in [0.25, 0.3) is 0 Å². The van der Waals surface area contributed by atoms with Crippen molar-refractivity contribution in [3.63, 3.8) is 0 Å². The molecular weight excluding hydrogens is 224 g/mol. The lowest BCUT2D eigenvalue weighted by Gasteiger charge is -2.02. The van der Waals surface area contributed by atoms with Crippen LogP contribution in [0.1, 0.15) is 15.9 Å². The molecule has 1 aromatic heterocycles. The lowest BCUT2D eigenvalue weighted by atomic mass is 10.1. The molecule has 0 aliphatic heterocycles. The molecule has 0 radical (unpaired) electrons. The van der Waals surface area contributed by atoms with E-state index in [4.69, 9.17) is 11.6 Å². The maximum Gasteiger partial charge on any atom is 0.170 e. The number of benzene rings is 1. The summed E-state index contributed by atoms with van der Waals surface area (Å²) in [6, 6.07) is 7.30. The number of carbonyl (C=O) groups excluding carboxylic acids is 1. The Labute approximate surface area is 98.1 Å². The Bertz CT molecular complexity index is 499. The summed E-state index contributed by atoms with van der Waals surface area (Å²) in [5, 5.41) is 0.604. The molecule has 0 bridgehead atoms. The predicted octanol–water partition coefficient (Wildman–Crippen LogP) is 2.56. The molecule has 1 aromatic carbocycles. The second kappa shape index (κ2) is 4.86. The summed E-state index contributed by atoms with van der Waals surface area (Å²) < 4.78 is 0. The Morgan fingerprint density at radius 1 is 1.19 bits per heavy atom. The first-order valence-electron chi connectivity index (χ1n) is 4.79. The van der Waals surface area contributed by atoms with E-state index in [0.29, 0.717) is 10.6 Å². The van der Waals surface area contributed by atoms with Gasteiger partial charge in [-0.1, -0.05) is 29.8 Å². The first kappa shape index (κ1) is 10.8. The number of Topliss-reactive ketones (excluding diaryl/α,β-unsaturated/α-hetero) is 1. The fourth-order valence-corrected chi connectivity index (χ4v) is 1.56. The van der Waals surface area contributed by atoms with Gasteiger partial charge in [-0.05, 0) is 11.6 Å². The lowest BCUT2D eigenvalue weighted by molar-refractivity contribution is 0.0992. The van der Waals surface area contributed by atoms with Gasteiger partial charge >= 0.3 is 0 Å². The fraction of sp³-hybridized carbons (Fsp3) is 0.0833. The molecule has 3 nitrogen and oxygen atoms in total. The highest BCUT2D eigenvalue weighted by Gasteiger charge is 2.09. The van der Waals surface area contributed by atoms with E-state index in [1.165, 1.54) is 18.7 Å². The van der Waals surface area contributed by atoms with E-state index in [1.54, 1.807) is 6.07 Å². The molecule has 0 amide bonds. The summed E-state index contributed by atoms with van der Waals surface area (Å²) in [5.41, 5.74) is 1.32. The molecule has 0 aliphatic carbocycles. The van der Waals surface area contributed by atoms with Gasteiger partial charge in [0.05, 0.1) is 5.56 Å². The zero-order valence-electron chi connectivity index (χ0n) is 8.43. The van der Waals surface area contributed by atoms with Crippen molar-refractivity contribution in [1.82, 2.24) is 9.97 Å². The van der Waals surface area contributed by atoms with E-state index in [-0.39, 0.29) is 12.2 Å². The number of ketones is 1. The number of hydrogen-bond donors (Lipinski definition) is 0. The molecule has 0 unspecified atom stereocenters. The Hall–Kier alpha value is -1.74. The first-order valence-corrected chi connectivity index (χ1v) is 5.17. The Morgan fingerprint density at radius 3 is 2.56 bits per heavy atom. The molecule has 80 valence electrons. The van der Waals surface area contributed by atoms with Crippen LogP contribution in [0.3, 0.4) is 0 Å². The normalized spacial score (nSPS) is 10.1. The highest BCUT2D eigenvalue weighted by molar-refractivity contribution is 6.31. The van der Waals surface area contributed by atoms with E-state index in [2.05, 4.69) is 9.97 Å². The van der Waals surface area contributed by atoms with Crippen molar-refractivity contribution in [2.24, 2.45) is 0 Å². The number of carbonyl (C=O) groups is 1. The van der Waals surface area contributed by atoms with Crippen molar-refractivity contribution in [1.29, 1.82) is 0 Å². The van der Waals surface area contributed by atoms with Crippen LogP contribution in [0.15, 0.2) is 43.0 Å². The van der Waals surface area contributed by atoms with E-state index < -0.39 is 0 Å². The molecule has 4 heteroatoms. The fourth-order valence-electron chi connectivity index (χ4n) is 1.36. The van der Waals surface area contributed by atoms with Gasteiger partial charge in [0.15, 0.2) is 5.78 Å². The smallest absolute Gasteiger partial charge is 0.170 e. The van der Waals surface area contributed by atoms with Crippen molar-refractivity contribution < 1.29 is 4.79 Å². The Morgan fingerprint density at radius 2 is 1.88 bits per heavy atom. The molecule has 0 saturated heterocycles. The van der Waals surface area contributed by atoms with Crippen LogP contribution in [0.5, 0.6) is 0 Å². The number of aromatic nitrogens is 2. The number of rotatable bonds is 3. The van der Waals surface area contributed by atoms with Crippen LogP contribution >= 0.6 is 11.6 Å². The van der Waals surface area contributed by atoms with E-state index in [9.17, 15) is 4.79 Å². The van der Waals surface area contributed by atoms with Gasteiger partial charge in [-0.25, -0.2) is 9.97 Å². The second-order valence-electron chi connectivity index (χ2n) is 3.32. The molecular formula is C12H9ClN2O. The molecule has 0 aliphatic rings. The van der Waals surface area contributed by atoms with Crippen molar-refractivity contribution in [3.05, 3.63) is 59.1 Å². The van der Waals surface area contributed by atoms with Gasteiger partial charge in [0.25, 0.3) is 0 Å². The average molecular weight is 233 g/mol. The highest BCUT2D eigenvalue weighted by atomic mass is 35.5. The molecule has 1 heterocycles. The second-order valence-corrected chi connectivity index (χ2v) is 3.73. The zero-order chi connectivity index (χ0) is 11.4. The predicted molar refractivity (Wildman–Crippen MR) is 61.5 cm³/mol. The van der Waals surface area contributed by atoms with Gasteiger partial charge in [-0.15, -0.1) is 0 Å². The summed E-state index contributed by atoms with van der Waals surface area (Å²) in [7, 11) is 0. The molecule has 0 atom stereocenters. The monoisotopic (exact) mass is 232 g/mol. The van der Waals surface area contributed by atoms with Crippen LogP contribution in [-0.4, -0.2) is 15.8 Å². The molecule has 2 rings (SSSR count). The molecule has 16 heavy (non-hydrogen) atoms. The first-order chi connectivity index (χ1) is 7.77. The maximum absolute atomic E-state index is 11.8. The van der Waals surface area contributed by atoms with Crippen molar-refractivity contribution in [2.45, 2.75) is 6.42 Å². The highest BCUT2D eigenvalue weighted by Crippen LogP contribution is 2.16. The lowest BCUT2D eigenvalue weighted by Crippen LogP contribution is -2.04. The topological polar surface area (TPSA) is 42.9 Å². The minimum atomic E-state index is -0.0336. The summed E-state index contributed by atoms with van der Waals surface area (Å²) in [4.78, 5) is 19.4. The van der Waals surface area contributed by atoms with Gasteiger partial charge in [0, 0.05) is 23.8 Å². The van der Waals surface area contributed by atoms with Crippen molar-refractivity contribution in [2.75, 3.05) is 0 Å². The van der Waals surface area contributed by atoms with E-state index in [1.807, 2.05) is 18.2 Å². The van der Waals surface area contributed by atoms with Crippen LogP contribution in [0, 0.1) is 0 Å². The van der Waals surface area contributed by atoms with Gasteiger partial charge in [-0.2, -0.15) is 0 Å².